The molecule has 0 bridgehead atoms. The lowest BCUT2D eigenvalue weighted by Gasteiger charge is -2.27. The lowest BCUT2D eigenvalue weighted by atomic mass is 10.1. The Bertz CT molecular complexity index is 305. The van der Waals surface area contributed by atoms with Gasteiger partial charge in [0.25, 0.3) is 0 Å². The molecule has 0 saturated carbocycles. The van der Waals surface area contributed by atoms with Gasteiger partial charge in [-0.15, -0.1) is 0 Å². The summed E-state index contributed by atoms with van der Waals surface area (Å²) in [6, 6.07) is 0.511. The molecule has 14 heavy (non-hydrogen) atoms. The van der Waals surface area contributed by atoms with E-state index >= 15 is 0 Å². The third kappa shape index (κ3) is 2.68. The second-order valence-electron chi connectivity index (χ2n) is 3.52. The molecule has 1 N–H and O–H groups in total. The van der Waals surface area contributed by atoms with Crippen LogP contribution in [0.15, 0.2) is 9.98 Å². The fourth-order valence-corrected chi connectivity index (χ4v) is 2.81. The predicted molar refractivity (Wildman–Crippen MR) is 61.9 cm³/mol. The van der Waals surface area contributed by atoms with Gasteiger partial charge in [-0.05, 0) is 35.7 Å². The average Bonchev–Trinajstić information content (AvgIpc) is 2.51. The van der Waals surface area contributed by atoms with E-state index in [9.17, 15) is 0 Å². The van der Waals surface area contributed by atoms with Crippen LogP contribution in [0.5, 0.6) is 0 Å². The monoisotopic (exact) mass is 276 g/mol. The molecule has 5 heteroatoms. The van der Waals surface area contributed by atoms with E-state index in [0.717, 1.165) is 28.4 Å². The van der Waals surface area contributed by atoms with Gasteiger partial charge in [0, 0.05) is 12.6 Å². The molecule has 0 aliphatic carbocycles. The molecule has 2 atom stereocenters. The summed E-state index contributed by atoms with van der Waals surface area (Å²) >= 11 is 5.04. The maximum atomic E-state index is 5.48. The van der Waals surface area contributed by atoms with Crippen LogP contribution in [0.2, 0.25) is 0 Å². The van der Waals surface area contributed by atoms with Crippen LogP contribution in [-0.2, 0) is 4.74 Å². The maximum Gasteiger partial charge on any atom is 0.183 e. The Morgan fingerprint density at radius 2 is 2.57 bits per heavy atom. The van der Waals surface area contributed by atoms with Crippen molar-refractivity contribution in [1.82, 2.24) is 4.98 Å². The van der Waals surface area contributed by atoms with Gasteiger partial charge in [-0.1, -0.05) is 11.3 Å². The molecule has 1 aliphatic rings. The van der Waals surface area contributed by atoms with Gasteiger partial charge >= 0.3 is 0 Å². The highest BCUT2D eigenvalue weighted by Crippen LogP contribution is 2.25. The van der Waals surface area contributed by atoms with Gasteiger partial charge in [-0.25, -0.2) is 4.98 Å². The quantitative estimate of drug-likeness (QED) is 0.902. The third-order valence-corrected chi connectivity index (χ3v) is 3.70. The number of rotatable bonds is 2. The van der Waals surface area contributed by atoms with Crippen molar-refractivity contribution in [3.8, 4) is 0 Å². The van der Waals surface area contributed by atoms with Crippen LogP contribution < -0.4 is 5.32 Å². The summed E-state index contributed by atoms with van der Waals surface area (Å²) in [7, 11) is 0. The normalized spacial score (nSPS) is 27.6. The Hall–Kier alpha value is -0.130. The Balaban J connectivity index is 1.90. The summed E-state index contributed by atoms with van der Waals surface area (Å²) in [6.45, 7) is 2.97. The Labute approximate surface area is 96.0 Å². The third-order valence-electron chi connectivity index (χ3n) is 2.29. The molecule has 0 spiro atoms. The number of aromatic nitrogens is 1. The first kappa shape index (κ1) is 10.4. The average molecular weight is 277 g/mol. The molecule has 1 aliphatic heterocycles. The Kier molecular flexibility index (Phi) is 3.41. The fourth-order valence-electron chi connectivity index (χ4n) is 1.62. The lowest BCUT2D eigenvalue weighted by Crippen LogP contribution is -2.32. The molecule has 1 aromatic heterocycles. The molecule has 2 rings (SSSR count). The van der Waals surface area contributed by atoms with Crippen molar-refractivity contribution < 1.29 is 4.74 Å². The highest BCUT2D eigenvalue weighted by atomic mass is 79.9. The summed E-state index contributed by atoms with van der Waals surface area (Å²) in [5.41, 5.74) is 0. The molecule has 0 radical (unpaired) electrons. The van der Waals surface area contributed by atoms with E-state index < -0.39 is 0 Å². The van der Waals surface area contributed by atoms with E-state index in [1.165, 1.54) is 0 Å². The van der Waals surface area contributed by atoms with Crippen LogP contribution in [0.4, 0.5) is 5.13 Å². The lowest BCUT2D eigenvalue weighted by molar-refractivity contribution is 0.0232. The summed E-state index contributed by atoms with van der Waals surface area (Å²) in [5, 5.41) is 4.43. The second kappa shape index (κ2) is 4.59. The fraction of sp³-hybridized carbons (Fsp3) is 0.667. The van der Waals surface area contributed by atoms with Crippen molar-refractivity contribution in [3.05, 3.63) is 9.98 Å². The summed E-state index contributed by atoms with van der Waals surface area (Å²) < 4.78 is 6.55. The van der Waals surface area contributed by atoms with Crippen LogP contribution in [-0.4, -0.2) is 23.7 Å². The van der Waals surface area contributed by atoms with E-state index in [0.29, 0.717) is 12.1 Å². The topological polar surface area (TPSA) is 34.2 Å². The maximum absolute atomic E-state index is 5.48. The van der Waals surface area contributed by atoms with Gasteiger partial charge in [-0.3, -0.25) is 0 Å². The molecule has 0 amide bonds. The number of thiazole rings is 1. The van der Waals surface area contributed by atoms with E-state index in [-0.39, 0.29) is 0 Å². The molecule has 3 nitrogen and oxygen atoms in total. The Morgan fingerprint density at radius 1 is 1.71 bits per heavy atom. The van der Waals surface area contributed by atoms with Gasteiger partial charge in [0.15, 0.2) is 5.13 Å². The molecule has 1 saturated heterocycles. The number of nitrogens with one attached hydrogen (secondary N) is 1. The van der Waals surface area contributed by atoms with Gasteiger partial charge in [0.2, 0.25) is 0 Å². The van der Waals surface area contributed by atoms with Crippen molar-refractivity contribution in [2.75, 3.05) is 11.9 Å². The number of hydrogen-bond acceptors (Lipinski definition) is 4. The first-order chi connectivity index (χ1) is 6.74. The number of nitrogens with zero attached hydrogens (tertiary/aromatic N) is 1. The van der Waals surface area contributed by atoms with E-state index in [1.807, 2.05) is 6.20 Å². The van der Waals surface area contributed by atoms with Gasteiger partial charge in [0.05, 0.1) is 16.1 Å². The number of halogens is 1. The van der Waals surface area contributed by atoms with Crippen LogP contribution in [0.25, 0.3) is 0 Å². The molecular weight excluding hydrogens is 264 g/mol. The van der Waals surface area contributed by atoms with Crippen molar-refractivity contribution in [2.24, 2.45) is 0 Å². The standard InChI is InChI=1S/C9H13BrN2OS/c1-6-4-7(2-3-13-6)12-9-11-5-8(10)14-9/h5-7H,2-4H2,1H3,(H,11,12). The minimum absolute atomic E-state index is 0.365. The van der Waals surface area contributed by atoms with Gasteiger partial charge < -0.3 is 10.1 Å². The van der Waals surface area contributed by atoms with Crippen molar-refractivity contribution in [2.45, 2.75) is 31.9 Å². The smallest absolute Gasteiger partial charge is 0.183 e. The Morgan fingerprint density at radius 3 is 3.21 bits per heavy atom. The minimum Gasteiger partial charge on any atom is -0.378 e. The first-order valence-corrected chi connectivity index (χ1v) is 6.34. The van der Waals surface area contributed by atoms with Crippen molar-refractivity contribution in [1.29, 1.82) is 0 Å². The van der Waals surface area contributed by atoms with Crippen LogP contribution in [0, 0.1) is 0 Å². The van der Waals surface area contributed by atoms with Gasteiger partial charge in [-0.2, -0.15) is 0 Å². The number of ether oxygens (including phenoxy) is 1. The molecule has 2 unspecified atom stereocenters. The molecule has 78 valence electrons. The number of hydrogen-bond donors (Lipinski definition) is 1. The SMILES string of the molecule is CC1CC(Nc2ncc(Br)s2)CCO1. The zero-order chi connectivity index (χ0) is 9.97. The molecule has 2 heterocycles. The largest absolute Gasteiger partial charge is 0.378 e. The van der Waals surface area contributed by atoms with Gasteiger partial charge in [0.1, 0.15) is 0 Å². The van der Waals surface area contributed by atoms with Crippen molar-refractivity contribution in [3.63, 3.8) is 0 Å². The van der Waals surface area contributed by atoms with Crippen LogP contribution in [0.3, 0.4) is 0 Å². The van der Waals surface area contributed by atoms with Crippen LogP contribution in [0.1, 0.15) is 19.8 Å². The van der Waals surface area contributed by atoms with Crippen molar-refractivity contribution >= 4 is 32.4 Å². The number of anilines is 1. The zero-order valence-corrected chi connectivity index (χ0v) is 10.4. The molecule has 1 aromatic rings. The predicted octanol–water partition coefficient (Wildman–Crippen LogP) is 2.89. The van der Waals surface area contributed by atoms with E-state index in [4.69, 9.17) is 4.74 Å². The molecular formula is C9H13BrN2OS. The first-order valence-electron chi connectivity index (χ1n) is 4.73. The van der Waals surface area contributed by atoms with Crippen LogP contribution >= 0.6 is 27.3 Å². The highest BCUT2D eigenvalue weighted by molar-refractivity contribution is 9.11. The summed E-state index contributed by atoms with van der Waals surface area (Å²) in [5.74, 6) is 0. The van der Waals surface area contributed by atoms with E-state index in [2.05, 4.69) is 33.2 Å². The second-order valence-corrected chi connectivity index (χ2v) is 5.93. The highest BCUT2D eigenvalue weighted by Gasteiger charge is 2.19. The zero-order valence-electron chi connectivity index (χ0n) is 8.00. The minimum atomic E-state index is 0.365. The summed E-state index contributed by atoms with van der Waals surface area (Å²) in [6.07, 6.45) is 4.33. The van der Waals surface area contributed by atoms with E-state index in [1.54, 1.807) is 11.3 Å². The molecule has 1 fully saturated rings. The summed E-state index contributed by atoms with van der Waals surface area (Å²) in [4.78, 5) is 4.25. The molecule has 0 aromatic carbocycles.